The average Bonchev–Trinajstić information content (AvgIpc) is 2.54. The second-order valence-electron chi connectivity index (χ2n) is 6.27. The van der Waals surface area contributed by atoms with Crippen LogP contribution in [0.25, 0.3) is 0 Å². The van der Waals surface area contributed by atoms with E-state index in [4.69, 9.17) is 23.2 Å². The van der Waals surface area contributed by atoms with Crippen LogP contribution in [0.5, 0.6) is 0 Å². The summed E-state index contributed by atoms with van der Waals surface area (Å²) in [4.78, 5) is 4.98. The van der Waals surface area contributed by atoms with E-state index >= 15 is 0 Å². The van der Waals surface area contributed by atoms with Crippen molar-refractivity contribution in [1.29, 1.82) is 0 Å². The number of nitrogens with zero attached hydrogens (tertiary/aromatic N) is 2. The van der Waals surface area contributed by atoms with Crippen molar-refractivity contribution in [3.05, 3.63) is 69.2 Å². The molecule has 0 bridgehead atoms. The Bertz CT molecular complexity index is 647. The summed E-state index contributed by atoms with van der Waals surface area (Å²) in [6.07, 6.45) is 0. The highest BCUT2D eigenvalue weighted by atomic mass is 35.5. The van der Waals surface area contributed by atoms with Crippen LogP contribution in [0.15, 0.2) is 42.5 Å². The van der Waals surface area contributed by atoms with Crippen molar-refractivity contribution in [2.45, 2.75) is 20.0 Å². The molecule has 0 saturated carbocycles. The highest BCUT2D eigenvalue weighted by Crippen LogP contribution is 2.23. The minimum Gasteiger partial charge on any atom is -0.297 e. The lowest BCUT2D eigenvalue weighted by atomic mass is 10.1. The van der Waals surface area contributed by atoms with Crippen molar-refractivity contribution in [2.24, 2.45) is 0 Å². The summed E-state index contributed by atoms with van der Waals surface area (Å²) in [6.45, 7) is 8.41. The predicted octanol–water partition coefficient (Wildman–Crippen LogP) is 4.62. The number of aryl methyl sites for hydroxylation is 1. The Morgan fingerprint density at radius 2 is 1.43 bits per heavy atom. The molecule has 1 aliphatic rings. The lowest BCUT2D eigenvalue weighted by molar-refractivity contribution is 0.122. The van der Waals surface area contributed by atoms with Crippen LogP contribution >= 0.6 is 23.2 Å². The summed E-state index contributed by atoms with van der Waals surface area (Å²) in [5.74, 6) is 0. The molecule has 2 nitrogen and oxygen atoms in total. The van der Waals surface area contributed by atoms with Gasteiger partial charge in [-0.1, -0.05) is 59.1 Å². The number of halogens is 2. The minimum atomic E-state index is 0.696. The minimum absolute atomic E-state index is 0.696. The number of benzene rings is 2. The fraction of sp³-hybridized carbons (Fsp3) is 0.368. The molecular weight excluding hydrogens is 327 g/mol. The van der Waals surface area contributed by atoms with Gasteiger partial charge in [0.2, 0.25) is 0 Å². The zero-order valence-electron chi connectivity index (χ0n) is 13.4. The molecule has 0 atom stereocenters. The van der Waals surface area contributed by atoms with Crippen LogP contribution in [0.2, 0.25) is 10.0 Å². The summed E-state index contributed by atoms with van der Waals surface area (Å²) in [5, 5.41) is 1.46. The third-order valence-corrected chi connectivity index (χ3v) is 4.99. The predicted molar refractivity (Wildman–Crippen MR) is 98.2 cm³/mol. The molecule has 0 amide bonds. The second kappa shape index (κ2) is 7.67. The molecule has 0 aromatic heterocycles. The van der Waals surface area contributed by atoms with Gasteiger partial charge in [-0.05, 0) is 30.2 Å². The Morgan fingerprint density at radius 1 is 0.826 bits per heavy atom. The summed E-state index contributed by atoms with van der Waals surface area (Å²) < 4.78 is 0. The number of hydrogen-bond donors (Lipinski definition) is 0. The molecule has 1 heterocycles. The highest BCUT2D eigenvalue weighted by molar-refractivity contribution is 6.35. The largest absolute Gasteiger partial charge is 0.297 e. The monoisotopic (exact) mass is 348 g/mol. The summed E-state index contributed by atoms with van der Waals surface area (Å²) in [6, 6.07) is 14.6. The maximum Gasteiger partial charge on any atom is 0.0465 e. The SMILES string of the molecule is Cc1ccc(CN2CCN(Cc3ccc(Cl)cc3Cl)CC2)cc1. The maximum atomic E-state index is 6.28. The van der Waals surface area contributed by atoms with Crippen LogP contribution < -0.4 is 0 Å². The van der Waals surface area contributed by atoms with E-state index < -0.39 is 0 Å². The Morgan fingerprint density at radius 3 is 2.04 bits per heavy atom. The summed E-state index contributed by atoms with van der Waals surface area (Å²) >= 11 is 12.2. The summed E-state index contributed by atoms with van der Waals surface area (Å²) in [7, 11) is 0. The number of rotatable bonds is 4. The molecule has 0 radical (unpaired) electrons. The topological polar surface area (TPSA) is 6.48 Å². The maximum absolute atomic E-state index is 6.28. The smallest absolute Gasteiger partial charge is 0.0465 e. The van der Waals surface area contributed by atoms with Gasteiger partial charge < -0.3 is 0 Å². The van der Waals surface area contributed by atoms with Crippen molar-refractivity contribution in [1.82, 2.24) is 9.80 Å². The van der Waals surface area contributed by atoms with Crippen LogP contribution in [0.4, 0.5) is 0 Å². The van der Waals surface area contributed by atoms with E-state index in [1.54, 1.807) is 0 Å². The van der Waals surface area contributed by atoms with Gasteiger partial charge in [-0.3, -0.25) is 9.80 Å². The van der Waals surface area contributed by atoms with Crippen LogP contribution in [-0.4, -0.2) is 36.0 Å². The van der Waals surface area contributed by atoms with E-state index in [-0.39, 0.29) is 0 Å². The zero-order valence-corrected chi connectivity index (χ0v) is 14.9. The van der Waals surface area contributed by atoms with E-state index in [1.807, 2.05) is 18.2 Å². The van der Waals surface area contributed by atoms with Crippen molar-refractivity contribution in [3.8, 4) is 0 Å². The molecule has 0 N–H and O–H groups in total. The Kier molecular flexibility index (Phi) is 5.60. The molecule has 2 aromatic rings. The fourth-order valence-electron chi connectivity index (χ4n) is 2.95. The summed E-state index contributed by atoms with van der Waals surface area (Å²) in [5.41, 5.74) is 3.87. The molecular formula is C19H22Cl2N2. The Hall–Kier alpha value is -1.06. The van der Waals surface area contributed by atoms with Gasteiger partial charge in [0.15, 0.2) is 0 Å². The Labute approximate surface area is 148 Å². The first kappa shape index (κ1) is 16.8. The molecule has 1 saturated heterocycles. The zero-order chi connectivity index (χ0) is 16.2. The molecule has 0 aliphatic carbocycles. The van der Waals surface area contributed by atoms with Crippen LogP contribution in [-0.2, 0) is 13.1 Å². The van der Waals surface area contributed by atoms with Gasteiger partial charge in [-0.2, -0.15) is 0 Å². The van der Waals surface area contributed by atoms with Gasteiger partial charge >= 0.3 is 0 Å². The van der Waals surface area contributed by atoms with E-state index in [0.717, 1.165) is 49.9 Å². The molecule has 4 heteroatoms. The van der Waals surface area contributed by atoms with Crippen LogP contribution in [0, 0.1) is 6.92 Å². The lowest BCUT2D eigenvalue weighted by Crippen LogP contribution is -2.45. The first-order valence-electron chi connectivity index (χ1n) is 8.04. The van der Waals surface area contributed by atoms with Crippen LogP contribution in [0.3, 0.4) is 0 Å². The molecule has 1 fully saturated rings. The van der Waals surface area contributed by atoms with Gasteiger partial charge in [0.05, 0.1) is 0 Å². The average molecular weight is 349 g/mol. The molecule has 23 heavy (non-hydrogen) atoms. The van der Waals surface area contributed by atoms with Gasteiger partial charge in [0.25, 0.3) is 0 Å². The van der Waals surface area contributed by atoms with E-state index in [1.165, 1.54) is 11.1 Å². The third kappa shape index (κ3) is 4.71. The molecule has 122 valence electrons. The van der Waals surface area contributed by atoms with Crippen molar-refractivity contribution < 1.29 is 0 Å². The number of hydrogen-bond acceptors (Lipinski definition) is 2. The molecule has 2 aromatic carbocycles. The molecule has 1 aliphatic heterocycles. The quantitative estimate of drug-likeness (QED) is 0.795. The van der Waals surface area contributed by atoms with E-state index in [9.17, 15) is 0 Å². The Balaban J connectivity index is 1.51. The van der Waals surface area contributed by atoms with Gasteiger partial charge in [0, 0.05) is 49.3 Å². The standard InChI is InChI=1S/C19H22Cl2N2/c1-15-2-4-16(5-3-15)13-22-8-10-23(11-9-22)14-17-6-7-18(20)12-19(17)21/h2-7,12H,8-11,13-14H2,1H3. The van der Waals surface area contributed by atoms with Gasteiger partial charge in [-0.15, -0.1) is 0 Å². The molecule has 3 rings (SSSR count). The lowest BCUT2D eigenvalue weighted by Gasteiger charge is -2.35. The van der Waals surface area contributed by atoms with Crippen molar-refractivity contribution in [3.63, 3.8) is 0 Å². The van der Waals surface area contributed by atoms with Crippen molar-refractivity contribution >= 4 is 23.2 Å². The second-order valence-corrected chi connectivity index (χ2v) is 7.12. The van der Waals surface area contributed by atoms with Crippen LogP contribution in [0.1, 0.15) is 16.7 Å². The first-order valence-corrected chi connectivity index (χ1v) is 8.80. The van der Waals surface area contributed by atoms with E-state index in [2.05, 4.69) is 41.0 Å². The normalized spacial score (nSPS) is 16.7. The van der Waals surface area contributed by atoms with Gasteiger partial charge in [-0.25, -0.2) is 0 Å². The molecule has 0 spiro atoms. The van der Waals surface area contributed by atoms with Gasteiger partial charge in [0.1, 0.15) is 0 Å². The fourth-order valence-corrected chi connectivity index (χ4v) is 3.42. The molecule has 0 unspecified atom stereocenters. The van der Waals surface area contributed by atoms with Crippen molar-refractivity contribution in [2.75, 3.05) is 26.2 Å². The first-order chi connectivity index (χ1) is 11.1. The van der Waals surface area contributed by atoms with E-state index in [0.29, 0.717) is 5.02 Å². The highest BCUT2D eigenvalue weighted by Gasteiger charge is 2.17. The number of piperazine rings is 1. The third-order valence-electron chi connectivity index (χ3n) is 4.40.